The van der Waals surface area contributed by atoms with E-state index in [0.717, 1.165) is 17.0 Å². The van der Waals surface area contributed by atoms with E-state index >= 15 is 0 Å². The molecule has 146 valence electrons. The van der Waals surface area contributed by atoms with Gasteiger partial charge < -0.3 is 10.0 Å². The first kappa shape index (κ1) is 20.5. The van der Waals surface area contributed by atoms with Gasteiger partial charge in [-0.25, -0.2) is 0 Å². The Hall–Kier alpha value is -2.84. The fourth-order valence-electron chi connectivity index (χ4n) is 2.52. The summed E-state index contributed by atoms with van der Waals surface area (Å²) in [4.78, 5) is 25.0. The standard InChI is InChI=1S/C18H20F3N3O3/c1-11(2)14-8-15(23(3)22-14)17(27)24(10-16(25)26)9-12-4-6-13(7-5-12)18(19,20)21/h4-8,11H,9-10H2,1-3H3,(H,25,26). The van der Waals surface area contributed by atoms with Gasteiger partial charge in [0.2, 0.25) is 0 Å². The number of carbonyl (C=O) groups is 2. The van der Waals surface area contributed by atoms with Crippen LogP contribution in [-0.4, -0.2) is 38.2 Å². The Kier molecular flexibility index (Phi) is 5.92. The van der Waals surface area contributed by atoms with Crippen LogP contribution in [0.25, 0.3) is 0 Å². The molecule has 9 heteroatoms. The van der Waals surface area contributed by atoms with Gasteiger partial charge in [-0.1, -0.05) is 26.0 Å². The van der Waals surface area contributed by atoms with E-state index in [1.54, 1.807) is 13.1 Å². The lowest BCUT2D eigenvalue weighted by molar-refractivity contribution is -0.138. The van der Waals surface area contributed by atoms with Gasteiger partial charge >= 0.3 is 12.1 Å². The summed E-state index contributed by atoms with van der Waals surface area (Å²) in [6, 6.07) is 5.86. The molecule has 6 nitrogen and oxygen atoms in total. The summed E-state index contributed by atoms with van der Waals surface area (Å²) >= 11 is 0. The molecule has 1 aromatic heterocycles. The van der Waals surface area contributed by atoms with Gasteiger partial charge in [-0.3, -0.25) is 14.3 Å². The molecular formula is C18H20F3N3O3. The third-order valence-electron chi connectivity index (χ3n) is 3.98. The van der Waals surface area contributed by atoms with E-state index in [9.17, 15) is 22.8 Å². The molecule has 0 aliphatic heterocycles. The first-order valence-corrected chi connectivity index (χ1v) is 8.20. The third kappa shape index (κ3) is 5.08. The number of halogens is 3. The minimum Gasteiger partial charge on any atom is -0.480 e. The van der Waals surface area contributed by atoms with Crippen LogP contribution in [0.1, 0.15) is 47.1 Å². The maximum atomic E-state index is 12.8. The largest absolute Gasteiger partial charge is 0.480 e. The number of rotatable bonds is 6. The van der Waals surface area contributed by atoms with Crippen molar-refractivity contribution in [3.63, 3.8) is 0 Å². The number of carboxylic acids is 1. The number of nitrogens with zero attached hydrogens (tertiary/aromatic N) is 3. The number of benzene rings is 1. The summed E-state index contributed by atoms with van der Waals surface area (Å²) in [5.74, 6) is -1.69. The molecule has 0 aliphatic carbocycles. The lowest BCUT2D eigenvalue weighted by Crippen LogP contribution is -2.36. The van der Waals surface area contributed by atoms with E-state index in [0.29, 0.717) is 11.3 Å². The Balaban J connectivity index is 2.27. The molecule has 1 amide bonds. The summed E-state index contributed by atoms with van der Waals surface area (Å²) in [6.45, 7) is 3.11. The Morgan fingerprint density at radius 2 is 1.81 bits per heavy atom. The van der Waals surface area contributed by atoms with Crippen molar-refractivity contribution in [2.45, 2.75) is 32.5 Å². The summed E-state index contributed by atoms with van der Waals surface area (Å²) < 4.78 is 39.4. The minimum atomic E-state index is -4.46. The zero-order valence-corrected chi connectivity index (χ0v) is 15.1. The number of amides is 1. The molecule has 0 saturated carbocycles. The smallest absolute Gasteiger partial charge is 0.416 e. The zero-order valence-electron chi connectivity index (χ0n) is 15.1. The molecule has 0 bridgehead atoms. The molecule has 1 N–H and O–H groups in total. The summed E-state index contributed by atoms with van der Waals surface area (Å²) in [7, 11) is 1.58. The SMILES string of the molecule is CC(C)c1cc(C(=O)N(CC(=O)O)Cc2ccc(C(F)(F)F)cc2)n(C)n1. The second-order valence-corrected chi connectivity index (χ2v) is 6.48. The van der Waals surface area contributed by atoms with Crippen molar-refractivity contribution < 1.29 is 27.9 Å². The number of hydrogen-bond acceptors (Lipinski definition) is 3. The van der Waals surface area contributed by atoms with Gasteiger partial charge in [-0.05, 0) is 29.7 Å². The van der Waals surface area contributed by atoms with E-state index < -0.39 is 30.2 Å². The zero-order chi connectivity index (χ0) is 20.4. The molecule has 0 radical (unpaired) electrons. The average Bonchev–Trinajstić information content (AvgIpc) is 2.95. The van der Waals surface area contributed by atoms with Crippen molar-refractivity contribution >= 4 is 11.9 Å². The first-order valence-electron chi connectivity index (χ1n) is 8.20. The second kappa shape index (κ2) is 7.81. The first-order chi connectivity index (χ1) is 12.5. The van der Waals surface area contributed by atoms with Gasteiger partial charge in [0.25, 0.3) is 5.91 Å². The minimum absolute atomic E-state index is 0.0839. The monoisotopic (exact) mass is 383 g/mol. The number of alkyl halides is 3. The van der Waals surface area contributed by atoms with Crippen LogP contribution in [0.5, 0.6) is 0 Å². The fraction of sp³-hybridized carbons (Fsp3) is 0.389. The Morgan fingerprint density at radius 3 is 2.26 bits per heavy atom. The number of carbonyl (C=O) groups excluding carboxylic acids is 1. The van der Waals surface area contributed by atoms with Crippen molar-refractivity contribution in [2.24, 2.45) is 7.05 Å². The van der Waals surface area contributed by atoms with Crippen molar-refractivity contribution in [2.75, 3.05) is 6.54 Å². The predicted octanol–water partition coefficient (Wildman–Crippen LogP) is 3.29. The van der Waals surface area contributed by atoms with E-state index in [4.69, 9.17) is 5.11 Å². The van der Waals surface area contributed by atoms with Gasteiger partial charge in [0, 0.05) is 13.6 Å². The molecule has 2 rings (SSSR count). The van der Waals surface area contributed by atoms with Gasteiger partial charge in [0.1, 0.15) is 12.2 Å². The van der Waals surface area contributed by atoms with Crippen LogP contribution >= 0.6 is 0 Å². The fourth-order valence-corrected chi connectivity index (χ4v) is 2.52. The number of carboxylic acid groups (broad SMARTS) is 1. The summed E-state index contributed by atoms with van der Waals surface area (Å²) in [6.07, 6.45) is -4.46. The van der Waals surface area contributed by atoms with Gasteiger partial charge in [-0.2, -0.15) is 18.3 Å². The van der Waals surface area contributed by atoms with Crippen LogP contribution in [0.4, 0.5) is 13.2 Å². The quantitative estimate of drug-likeness (QED) is 0.831. The molecule has 0 aliphatic rings. The number of aryl methyl sites for hydroxylation is 1. The lowest BCUT2D eigenvalue weighted by Gasteiger charge is -2.21. The summed E-state index contributed by atoms with van der Waals surface area (Å²) in [5, 5.41) is 13.3. The number of aromatic nitrogens is 2. The molecule has 1 heterocycles. The van der Waals surface area contributed by atoms with Crippen LogP contribution in [-0.2, 0) is 24.6 Å². The highest BCUT2D eigenvalue weighted by atomic mass is 19.4. The molecule has 0 fully saturated rings. The van der Waals surface area contributed by atoms with Crippen molar-refractivity contribution in [1.29, 1.82) is 0 Å². The molecular weight excluding hydrogens is 363 g/mol. The predicted molar refractivity (Wildman–Crippen MR) is 91.1 cm³/mol. The van der Waals surface area contributed by atoms with Crippen molar-refractivity contribution in [3.05, 3.63) is 52.8 Å². The van der Waals surface area contributed by atoms with Crippen LogP contribution in [0.2, 0.25) is 0 Å². The molecule has 0 atom stereocenters. The molecule has 2 aromatic rings. The van der Waals surface area contributed by atoms with Gasteiger partial charge in [0.15, 0.2) is 0 Å². The molecule has 0 saturated heterocycles. The molecule has 27 heavy (non-hydrogen) atoms. The normalized spacial score (nSPS) is 11.7. The molecule has 0 unspecified atom stereocenters. The Labute approximate surface area is 154 Å². The Bertz CT molecular complexity index is 827. The summed E-state index contributed by atoms with van der Waals surface area (Å²) in [5.41, 5.74) is 0.483. The van der Waals surface area contributed by atoms with E-state index in [1.807, 2.05) is 13.8 Å². The third-order valence-corrected chi connectivity index (χ3v) is 3.98. The van der Waals surface area contributed by atoms with Gasteiger partial charge in [-0.15, -0.1) is 0 Å². The van der Waals surface area contributed by atoms with E-state index in [1.165, 1.54) is 16.8 Å². The maximum Gasteiger partial charge on any atom is 0.416 e. The average molecular weight is 383 g/mol. The van der Waals surface area contributed by atoms with E-state index in [2.05, 4.69) is 5.10 Å². The van der Waals surface area contributed by atoms with Crippen LogP contribution in [0.15, 0.2) is 30.3 Å². The Morgan fingerprint density at radius 1 is 1.22 bits per heavy atom. The van der Waals surface area contributed by atoms with E-state index in [-0.39, 0.29) is 18.2 Å². The highest BCUT2D eigenvalue weighted by molar-refractivity contribution is 5.94. The highest BCUT2D eigenvalue weighted by Crippen LogP contribution is 2.29. The lowest BCUT2D eigenvalue weighted by atomic mass is 10.1. The van der Waals surface area contributed by atoms with Gasteiger partial charge in [0.05, 0.1) is 11.3 Å². The molecule has 0 spiro atoms. The maximum absolute atomic E-state index is 12.8. The van der Waals surface area contributed by atoms with Crippen molar-refractivity contribution in [3.8, 4) is 0 Å². The highest BCUT2D eigenvalue weighted by Gasteiger charge is 2.30. The van der Waals surface area contributed by atoms with Crippen molar-refractivity contribution in [1.82, 2.24) is 14.7 Å². The second-order valence-electron chi connectivity index (χ2n) is 6.48. The molecule has 1 aromatic carbocycles. The topological polar surface area (TPSA) is 75.4 Å². The van der Waals surface area contributed by atoms with Crippen LogP contribution < -0.4 is 0 Å². The van der Waals surface area contributed by atoms with Crippen LogP contribution in [0, 0.1) is 0 Å². The van der Waals surface area contributed by atoms with Crippen LogP contribution in [0.3, 0.4) is 0 Å². The number of aliphatic carboxylic acids is 1. The number of hydrogen-bond donors (Lipinski definition) is 1.